The molecule has 0 radical (unpaired) electrons. The number of hydrogen-bond acceptors (Lipinski definition) is 6. The number of amides is 1. The number of morpholine rings is 1. The molecular formula is C22H28N2O6S. The van der Waals surface area contributed by atoms with E-state index in [2.05, 4.69) is 5.32 Å². The molecule has 1 saturated heterocycles. The van der Waals surface area contributed by atoms with E-state index in [1.165, 1.54) is 28.6 Å². The molecule has 8 nitrogen and oxygen atoms in total. The fraction of sp³-hybridized carbons (Fsp3) is 0.409. The zero-order valence-corrected chi connectivity index (χ0v) is 18.8. The van der Waals surface area contributed by atoms with E-state index in [0.717, 1.165) is 5.56 Å². The Morgan fingerprint density at radius 1 is 1.10 bits per heavy atom. The van der Waals surface area contributed by atoms with Crippen LogP contribution in [0.25, 0.3) is 0 Å². The molecule has 168 valence electrons. The molecule has 9 heteroatoms. The third-order valence-corrected chi connectivity index (χ3v) is 6.68. The van der Waals surface area contributed by atoms with E-state index in [0.29, 0.717) is 49.9 Å². The fourth-order valence-electron chi connectivity index (χ4n) is 3.17. The number of carbonyl (C=O) groups excluding carboxylic acids is 1. The summed E-state index contributed by atoms with van der Waals surface area (Å²) >= 11 is 0. The maximum absolute atomic E-state index is 12.7. The Labute approximate surface area is 183 Å². The number of sulfonamides is 1. The Morgan fingerprint density at radius 2 is 1.77 bits per heavy atom. The number of benzene rings is 2. The normalized spacial score (nSPS) is 15.0. The SMILES string of the molecule is COc1cc(CNC(=O)c2ccc(S(=O)(=O)N3CCOCC3)cc2)ccc1OC(C)C. The van der Waals surface area contributed by atoms with Crippen molar-refractivity contribution in [1.29, 1.82) is 0 Å². The summed E-state index contributed by atoms with van der Waals surface area (Å²) < 4.78 is 43.0. The van der Waals surface area contributed by atoms with Gasteiger partial charge in [0.1, 0.15) is 0 Å². The smallest absolute Gasteiger partial charge is 0.251 e. The molecule has 1 amide bonds. The second-order valence-corrected chi connectivity index (χ2v) is 9.31. The molecule has 0 aromatic heterocycles. The summed E-state index contributed by atoms with van der Waals surface area (Å²) in [6.45, 7) is 5.59. The number of rotatable bonds is 8. The van der Waals surface area contributed by atoms with Gasteiger partial charge in [-0.25, -0.2) is 8.42 Å². The first kappa shape index (κ1) is 23.1. The van der Waals surface area contributed by atoms with Crippen LogP contribution in [0.5, 0.6) is 11.5 Å². The first-order valence-corrected chi connectivity index (χ1v) is 11.5. The van der Waals surface area contributed by atoms with E-state index in [1.54, 1.807) is 7.11 Å². The summed E-state index contributed by atoms with van der Waals surface area (Å²) in [5.41, 5.74) is 1.24. The Bertz CT molecular complexity index is 999. The van der Waals surface area contributed by atoms with Crippen molar-refractivity contribution in [1.82, 2.24) is 9.62 Å². The second-order valence-electron chi connectivity index (χ2n) is 7.38. The van der Waals surface area contributed by atoms with Crippen LogP contribution in [0.3, 0.4) is 0 Å². The molecule has 0 saturated carbocycles. The average molecular weight is 449 g/mol. The van der Waals surface area contributed by atoms with Crippen molar-refractivity contribution in [2.45, 2.75) is 31.4 Å². The summed E-state index contributed by atoms with van der Waals surface area (Å²) in [4.78, 5) is 12.7. The lowest BCUT2D eigenvalue weighted by Crippen LogP contribution is -2.40. The van der Waals surface area contributed by atoms with Gasteiger partial charge in [0.2, 0.25) is 10.0 Å². The van der Waals surface area contributed by atoms with Gasteiger partial charge in [-0.2, -0.15) is 4.31 Å². The number of hydrogen-bond donors (Lipinski definition) is 1. The molecule has 1 fully saturated rings. The van der Waals surface area contributed by atoms with Crippen molar-refractivity contribution < 1.29 is 27.4 Å². The molecule has 0 spiro atoms. The molecule has 1 aliphatic rings. The van der Waals surface area contributed by atoms with Crippen molar-refractivity contribution >= 4 is 15.9 Å². The lowest BCUT2D eigenvalue weighted by Gasteiger charge is -2.26. The standard InChI is InChI=1S/C22H28N2O6S/c1-16(2)30-20-9-4-17(14-21(20)28-3)15-23-22(25)18-5-7-19(8-6-18)31(26,27)24-10-12-29-13-11-24/h4-9,14,16H,10-13,15H2,1-3H3,(H,23,25). The topological polar surface area (TPSA) is 94.2 Å². The van der Waals surface area contributed by atoms with Gasteiger partial charge in [0, 0.05) is 25.2 Å². The molecule has 0 atom stereocenters. The molecule has 0 unspecified atom stereocenters. The molecule has 2 aromatic carbocycles. The Hall–Kier alpha value is -2.62. The maximum atomic E-state index is 12.7. The van der Waals surface area contributed by atoms with E-state index in [-0.39, 0.29) is 16.9 Å². The minimum atomic E-state index is -3.58. The van der Waals surface area contributed by atoms with Gasteiger partial charge < -0.3 is 19.5 Å². The highest BCUT2D eigenvalue weighted by Crippen LogP contribution is 2.29. The Balaban J connectivity index is 1.63. The number of carbonyl (C=O) groups is 1. The zero-order valence-electron chi connectivity index (χ0n) is 18.0. The number of ether oxygens (including phenoxy) is 3. The summed E-state index contributed by atoms with van der Waals surface area (Å²) in [5.74, 6) is 0.944. The number of nitrogens with zero attached hydrogens (tertiary/aromatic N) is 1. The van der Waals surface area contributed by atoms with Gasteiger partial charge in [-0.15, -0.1) is 0 Å². The maximum Gasteiger partial charge on any atom is 0.251 e. The van der Waals surface area contributed by atoms with E-state index < -0.39 is 10.0 Å². The zero-order chi connectivity index (χ0) is 22.4. The Kier molecular flexibility index (Phi) is 7.53. The van der Waals surface area contributed by atoms with Crippen molar-refractivity contribution in [3.8, 4) is 11.5 Å². The van der Waals surface area contributed by atoms with E-state index >= 15 is 0 Å². The van der Waals surface area contributed by atoms with Gasteiger partial charge in [-0.1, -0.05) is 6.07 Å². The molecule has 1 N–H and O–H groups in total. The molecule has 1 aliphatic heterocycles. The molecule has 0 aliphatic carbocycles. The molecule has 31 heavy (non-hydrogen) atoms. The predicted molar refractivity (Wildman–Crippen MR) is 116 cm³/mol. The monoisotopic (exact) mass is 448 g/mol. The quantitative estimate of drug-likeness (QED) is 0.667. The lowest BCUT2D eigenvalue weighted by molar-refractivity contribution is 0.0730. The Morgan fingerprint density at radius 3 is 2.39 bits per heavy atom. The molecular weight excluding hydrogens is 420 g/mol. The van der Waals surface area contributed by atoms with Crippen LogP contribution < -0.4 is 14.8 Å². The van der Waals surface area contributed by atoms with Gasteiger partial charge in [-0.3, -0.25) is 4.79 Å². The summed E-state index contributed by atoms with van der Waals surface area (Å²) in [5, 5.41) is 2.84. The lowest BCUT2D eigenvalue weighted by atomic mass is 10.1. The highest BCUT2D eigenvalue weighted by atomic mass is 32.2. The predicted octanol–water partition coefficient (Wildman–Crippen LogP) is 2.43. The van der Waals surface area contributed by atoms with Crippen LogP contribution in [0.1, 0.15) is 29.8 Å². The number of nitrogens with one attached hydrogen (secondary N) is 1. The van der Waals surface area contributed by atoms with Crippen LogP contribution in [0.4, 0.5) is 0 Å². The van der Waals surface area contributed by atoms with E-state index in [1.807, 2.05) is 32.0 Å². The third-order valence-electron chi connectivity index (χ3n) is 4.77. The van der Waals surface area contributed by atoms with Crippen molar-refractivity contribution in [2.75, 3.05) is 33.4 Å². The van der Waals surface area contributed by atoms with Crippen molar-refractivity contribution in [3.05, 3.63) is 53.6 Å². The summed E-state index contributed by atoms with van der Waals surface area (Å²) in [6, 6.07) is 11.4. The fourth-order valence-corrected chi connectivity index (χ4v) is 4.58. The highest BCUT2D eigenvalue weighted by molar-refractivity contribution is 7.89. The molecule has 2 aromatic rings. The average Bonchev–Trinajstić information content (AvgIpc) is 2.78. The van der Waals surface area contributed by atoms with Crippen LogP contribution in [0.2, 0.25) is 0 Å². The molecule has 3 rings (SSSR count). The molecule has 1 heterocycles. The second kappa shape index (κ2) is 10.1. The first-order valence-electron chi connectivity index (χ1n) is 10.1. The van der Waals surface area contributed by atoms with Gasteiger partial charge in [0.25, 0.3) is 5.91 Å². The van der Waals surface area contributed by atoms with Crippen LogP contribution in [-0.2, 0) is 21.3 Å². The largest absolute Gasteiger partial charge is 0.493 e. The van der Waals surface area contributed by atoms with Crippen LogP contribution >= 0.6 is 0 Å². The molecule has 0 bridgehead atoms. The van der Waals surface area contributed by atoms with Gasteiger partial charge in [0.15, 0.2) is 11.5 Å². The summed E-state index contributed by atoms with van der Waals surface area (Å²) in [6.07, 6.45) is 0.0227. The minimum Gasteiger partial charge on any atom is -0.493 e. The van der Waals surface area contributed by atoms with Gasteiger partial charge >= 0.3 is 0 Å². The van der Waals surface area contributed by atoms with Gasteiger partial charge in [-0.05, 0) is 55.8 Å². The number of methoxy groups -OCH3 is 1. The van der Waals surface area contributed by atoms with Crippen molar-refractivity contribution in [3.63, 3.8) is 0 Å². The van der Waals surface area contributed by atoms with Crippen LogP contribution in [0, 0.1) is 0 Å². The highest BCUT2D eigenvalue weighted by Gasteiger charge is 2.26. The first-order chi connectivity index (χ1) is 14.8. The van der Waals surface area contributed by atoms with Crippen molar-refractivity contribution in [2.24, 2.45) is 0 Å². The van der Waals surface area contributed by atoms with E-state index in [9.17, 15) is 13.2 Å². The van der Waals surface area contributed by atoms with Gasteiger partial charge in [0.05, 0.1) is 31.3 Å². The van der Waals surface area contributed by atoms with Crippen LogP contribution in [0.15, 0.2) is 47.4 Å². The van der Waals surface area contributed by atoms with E-state index in [4.69, 9.17) is 14.2 Å². The third kappa shape index (κ3) is 5.75. The summed E-state index contributed by atoms with van der Waals surface area (Å²) in [7, 11) is -2.02. The minimum absolute atomic E-state index is 0.0227. The van der Waals surface area contributed by atoms with Crippen LogP contribution in [-0.4, -0.2) is 58.1 Å².